The molecule has 0 aliphatic heterocycles. The fourth-order valence-electron chi connectivity index (χ4n) is 1.55. The number of nitriles is 1. The molecule has 0 bridgehead atoms. The van der Waals surface area contributed by atoms with E-state index in [9.17, 15) is 4.79 Å². The summed E-state index contributed by atoms with van der Waals surface area (Å²) in [6, 6.07) is 8.48. The van der Waals surface area contributed by atoms with Gasteiger partial charge in [-0.15, -0.1) is 0 Å². The smallest absolute Gasteiger partial charge is 0.255 e. The lowest BCUT2D eigenvalue weighted by atomic mass is 10.1. The molecule has 2 aromatic rings. The lowest BCUT2D eigenvalue weighted by Crippen LogP contribution is -2.15. The van der Waals surface area contributed by atoms with Crippen molar-refractivity contribution in [2.75, 3.05) is 24.3 Å². The Kier molecular flexibility index (Phi) is 3.91. The predicted molar refractivity (Wildman–Crippen MR) is 75.5 cm³/mol. The number of anilines is 2. The summed E-state index contributed by atoms with van der Waals surface area (Å²) in [5.74, 6) is 0.262. The Bertz CT molecular complexity index is 658. The van der Waals surface area contributed by atoms with Gasteiger partial charge in [0.15, 0.2) is 0 Å². The Morgan fingerprint density at radius 2 is 2.00 bits per heavy atom. The van der Waals surface area contributed by atoms with Crippen LogP contribution < -0.4 is 10.2 Å². The molecule has 0 atom stereocenters. The fraction of sp³-hybridized carbons (Fsp3) is 0.143. The van der Waals surface area contributed by atoms with E-state index in [1.165, 1.54) is 18.5 Å². The van der Waals surface area contributed by atoms with Gasteiger partial charge in [0.25, 0.3) is 5.91 Å². The maximum absolute atomic E-state index is 12.0. The van der Waals surface area contributed by atoms with Crippen molar-refractivity contribution < 1.29 is 4.79 Å². The minimum atomic E-state index is -0.302. The van der Waals surface area contributed by atoms with Gasteiger partial charge in [-0.05, 0) is 18.2 Å². The van der Waals surface area contributed by atoms with E-state index in [1.54, 1.807) is 23.1 Å². The van der Waals surface area contributed by atoms with Gasteiger partial charge in [0, 0.05) is 19.7 Å². The van der Waals surface area contributed by atoms with E-state index < -0.39 is 0 Å². The molecule has 0 aliphatic rings. The van der Waals surface area contributed by atoms with Crippen LogP contribution in [0.5, 0.6) is 0 Å². The number of aromatic nitrogens is 2. The first-order chi connectivity index (χ1) is 9.60. The van der Waals surface area contributed by atoms with E-state index in [0.717, 1.165) is 0 Å². The molecule has 1 aromatic carbocycles. The van der Waals surface area contributed by atoms with Gasteiger partial charge in [-0.1, -0.05) is 6.07 Å². The molecule has 0 saturated carbocycles. The molecular weight excluding hydrogens is 254 g/mol. The molecule has 0 unspecified atom stereocenters. The molecule has 0 spiro atoms. The molecule has 1 N–H and O–H groups in total. The summed E-state index contributed by atoms with van der Waals surface area (Å²) in [6.07, 6.45) is 3.07. The lowest BCUT2D eigenvalue weighted by Gasteiger charge is -2.10. The van der Waals surface area contributed by atoms with E-state index >= 15 is 0 Å². The summed E-state index contributed by atoms with van der Waals surface area (Å²) in [7, 11) is 3.67. The normalized spacial score (nSPS) is 9.65. The first kappa shape index (κ1) is 13.5. The van der Waals surface area contributed by atoms with E-state index in [4.69, 9.17) is 5.26 Å². The minimum absolute atomic E-state index is 0.302. The first-order valence-corrected chi connectivity index (χ1v) is 5.91. The summed E-state index contributed by atoms with van der Waals surface area (Å²) in [6.45, 7) is 0. The molecule has 1 amide bonds. The lowest BCUT2D eigenvalue weighted by molar-refractivity contribution is 0.102. The van der Waals surface area contributed by atoms with Gasteiger partial charge in [0.05, 0.1) is 29.7 Å². The third-order valence-corrected chi connectivity index (χ3v) is 2.55. The molecule has 1 aromatic heterocycles. The fourth-order valence-corrected chi connectivity index (χ4v) is 1.55. The van der Waals surface area contributed by atoms with Gasteiger partial charge < -0.3 is 10.2 Å². The molecular formula is C14H13N5O. The predicted octanol–water partition coefficient (Wildman–Crippen LogP) is 1.67. The Morgan fingerprint density at radius 1 is 1.30 bits per heavy atom. The van der Waals surface area contributed by atoms with Crippen LogP contribution >= 0.6 is 0 Å². The zero-order valence-electron chi connectivity index (χ0n) is 11.2. The maximum Gasteiger partial charge on any atom is 0.255 e. The molecule has 0 aliphatic carbocycles. The van der Waals surface area contributed by atoms with Crippen molar-refractivity contribution in [2.24, 2.45) is 0 Å². The second-order valence-corrected chi connectivity index (χ2v) is 4.31. The average molecular weight is 267 g/mol. The van der Waals surface area contributed by atoms with E-state index in [1.807, 2.05) is 20.2 Å². The van der Waals surface area contributed by atoms with E-state index in [-0.39, 0.29) is 5.91 Å². The van der Waals surface area contributed by atoms with Crippen LogP contribution in [-0.4, -0.2) is 30.0 Å². The number of carbonyl (C=O) groups excluding carboxylic acids is 1. The highest BCUT2D eigenvalue weighted by molar-refractivity contribution is 6.04. The van der Waals surface area contributed by atoms with Crippen molar-refractivity contribution in [2.45, 2.75) is 0 Å². The molecule has 6 nitrogen and oxygen atoms in total. The van der Waals surface area contributed by atoms with E-state index in [0.29, 0.717) is 22.8 Å². The van der Waals surface area contributed by atoms with Crippen molar-refractivity contribution >= 4 is 17.5 Å². The van der Waals surface area contributed by atoms with Crippen LogP contribution in [0.2, 0.25) is 0 Å². The molecule has 20 heavy (non-hydrogen) atoms. The van der Waals surface area contributed by atoms with Crippen molar-refractivity contribution in [1.29, 1.82) is 5.26 Å². The second-order valence-electron chi connectivity index (χ2n) is 4.31. The standard InChI is InChI=1S/C14H13N5O/c1-19(2)14-16-8-12(9-17-14)18-13(20)11-5-3-4-10(6-11)7-15/h3-6,8-9H,1-2H3,(H,18,20). The van der Waals surface area contributed by atoms with Crippen LogP contribution in [0.4, 0.5) is 11.6 Å². The summed E-state index contributed by atoms with van der Waals surface area (Å²) in [4.78, 5) is 22.0. The van der Waals surface area contributed by atoms with Crippen LogP contribution in [-0.2, 0) is 0 Å². The molecule has 2 rings (SSSR count). The number of benzene rings is 1. The van der Waals surface area contributed by atoms with Gasteiger partial charge in [-0.3, -0.25) is 4.79 Å². The highest BCUT2D eigenvalue weighted by Gasteiger charge is 2.07. The quantitative estimate of drug-likeness (QED) is 0.914. The number of hydrogen-bond donors (Lipinski definition) is 1. The Morgan fingerprint density at radius 3 is 2.60 bits per heavy atom. The third-order valence-electron chi connectivity index (χ3n) is 2.55. The van der Waals surface area contributed by atoms with Crippen LogP contribution in [0.1, 0.15) is 15.9 Å². The molecule has 100 valence electrons. The highest BCUT2D eigenvalue weighted by Crippen LogP contribution is 2.10. The first-order valence-electron chi connectivity index (χ1n) is 5.91. The van der Waals surface area contributed by atoms with Gasteiger partial charge in [-0.2, -0.15) is 5.26 Å². The van der Waals surface area contributed by atoms with Crippen molar-refractivity contribution in [1.82, 2.24) is 9.97 Å². The molecule has 0 fully saturated rings. The largest absolute Gasteiger partial charge is 0.347 e. The van der Waals surface area contributed by atoms with Gasteiger partial charge in [-0.25, -0.2) is 9.97 Å². The number of hydrogen-bond acceptors (Lipinski definition) is 5. The number of nitrogens with one attached hydrogen (secondary N) is 1. The number of nitrogens with zero attached hydrogens (tertiary/aromatic N) is 4. The van der Waals surface area contributed by atoms with Crippen molar-refractivity contribution in [3.63, 3.8) is 0 Å². The van der Waals surface area contributed by atoms with Crippen LogP contribution in [0.25, 0.3) is 0 Å². The topological polar surface area (TPSA) is 81.9 Å². The Labute approximate surface area is 116 Å². The van der Waals surface area contributed by atoms with Gasteiger partial charge >= 0.3 is 0 Å². The maximum atomic E-state index is 12.0. The Balaban J connectivity index is 2.13. The zero-order chi connectivity index (χ0) is 14.5. The van der Waals surface area contributed by atoms with Crippen molar-refractivity contribution in [3.8, 4) is 6.07 Å². The van der Waals surface area contributed by atoms with E-state index in [2.05, 4.69) is 15.3 Å². The minimum Gasteiger partial charge on any atom is -0.347 e. The van der Waals surface area contributed by atoms with Crippen molar-refractivity contribution in [3.05, 3.63) is 47.8 Å². The third kappa shape index (κ3) is 3.09. The molecule has 6 heteroatoms. The van der Waals surface area contributed by atoms with Gasteiger partial charge in [0.2, 0.25) is 5.95 Å². The summed E-state index contributed by atoms with van der Waals surface area (Å²) < 4.78 is 0. The molecule has 0 saturated heterocycles. The highest BCUT2D eigenvalue weighted by atomic mass is 16.1. The van der Waals surface area contributed by atoms with Crippen LogP contribution in [0.15, 0.2) is 36.7 Å². The monoisotopic (exact) mass is 267 g/mol. The summed E-state index contributed by atoms with van der Waals surface area (Å²) in [5, 5.41) is 11.5. The number of rotatable bonds is 3. The zero-order valence-corrected chi connectivity index (χ0v) is 11.2. The second kappa shape index (κ2) is 5.80. The Hall–Kier alpha value is -2.94. The number of amides is 1. The molecule has 1 heterocycles. The number of carbonyl (C=O) groups is 1. The van der Waals surface area contributed by atoms with Crippen LogP contribution in [0, 0.1) is 11.3 Å². The average Bonchev–Trinajstić information content (AvgIpc) is 2.47. The summed E-state index contributed by atoms with van der Waals surface area (Å²) >= 11 is 0. The van der Waals surface area contributed by atoms with Gasteiger partial charge in [0.1, 0.15) is 0 Å². The molecule has 0 radical (unpaired) electrons. The SMILES string of the molecule is CN(C)c1ncc(NC(=O)c2cccc(C#N)c2)cn1. The van der Waals surface area contributed by atoms with Crippen LogP contribution in [0.3, 0.4) is 0 Å². The summed E-state index contributed by atoms with van der Waals surface area (Å²) in [5.41, 5.74) is 1.36.